The number of benzene rings is 2. The molecule has 1 aromatic heterocycles. The summed E-state index contributed by atoms with van der Waals surface area (Å²) in [6.45, 7) is 3.93. The third-order valence-electron chi connectivity index (χ3n) is 5.77. The summed E-state index contributed by atoms with van der Waals surface area (Å²) in [4.78, 5) is 30.9. The van der Waals surface area contributed by atoms with E-state index in [0.29, 0.717) is 6.54 Å². The Morgan fingerprint density at radius 2 is 1.81 bits per heavy atom. The molecule has 2 amide bonds. The number of rotatable bonds is 5. The van der Waals surface area contributed by atoms with E-state index in [2.05, 4.69) is 0 Å². The maximum absolute atomic E-state index is 14.2. The van der Waals surface area contributed by atoms with E-state index in [4.69, 9.17) is 0 Å². The van der Waals surface area contributed by atoms with Gasteiger partial charge in [0.1, 0.15) is 18.2 Å². The molecular weight excluding hydrogens is 430 g/mol. The molecule has 0 saturated carbocycles. The molecule has 0 radical (unpaired) electrons. The highest BCUT2D eigenvalue weighted by atomic mass is 32.1. The van der Waals surface area contributed by atoms with Crippen molar-refractivity contribution in [2.75, 3.05) is 13.1 Å². The number of halogens is 2. The van der Waals surface area contributed by atoms with Gasteiger partial charge < -0.3 is 9.80 Å². The van der Waals surface area contributed by atoms with E-state index in [1.165, 1.54) is 40.1 Å². The van der Waals surface area contributed by atoms with Crippen molar-refractivity contribution < 1.29 is 18.4 Å². The molecule has 7 heteroatoms. The summed E-state index contributed by atoms with van der Waals surface area (Å²) in [5.41, 5.74) is 1.79. The number of hydrogen-bond acceptors (Lipinski definition) is 3. The molecule has 0 bridgehead atoms. The van der Waals surface area contributed by atoms with Gasteiger partial charge in [-0.05, 0) is 67.1 Å². The fraction of sp³-hybridized carbons (Fsp3) is 0.280. The van der Waals surface area contributed by atoms with Crippen LogP contribution in [0.4, 0.5) is 8.78 Å². The molecule has 1 unspecified atom stereocenters. The van der Waals surface area contributed by atoms with Crippen LogP contribution >= 0.6 is 11.3 Å². The lowest BCUT2D eigenvalue weighted by molar-refractivity contribution is -0.134. The molecule has 1 aliphatic heterocycles. The topological polar surface area (TPSA) is 40.6 Å². The second-order valence-electron chi connectivity index (χ2n) is 8.10. The maximum atomic E-state index is 14.2. The molecule has 4 rings (SSSR count). The minimum absolute atomic E-state index is 0.0529. The second kappa shape index (κ2) is 9.20. The van der Waals surface area contributed by atoms with Gasteiger partial charge in [0.2, 0.25) is 5.91 Å². The van der Waals surface area contributed by atoms with Crippen LogP contribution in [0.15, 0.2) is 60.0 Å². The summed E-state index contributed by atoms with van der Waals surface area (Å²) >= 11 is 1.65. The van der Waals surface area contributed by atoms with E-state index in [1.807, 2.05) is 11.4 Å². The molecule has 3 aromatic rings. The zero-order valence-corrected chi connectivity index (χ0v) is 18.7. The van der Waals surface area contributed by atoms with E-state index < -0.39 is 11.7 Å². The van der Waals surface area contributed by atoms with Crippen LogP contribution in [0.3, 0.4) is 0 Å². The summed E-state index contributed by atoms with van der Waals surface area (Å²) < 4.78 is 27.8. The summed E-state index contributed by atoms with van der Waals surface area (Å²) in [6, 6.07) is 13.3. The summed E-state index contributed by atoms with van der Waals surface area (Å²) in [5.74, 6) is -1.69. The number of nitrogens with zero attached hydrogens (tertiary/aromatic N) is 2. The lowest BCUT2D eigenvalue weighted by atomic mass is 9.93. The number of carbonyl (C=O) groups is 2. The highest BCUT2D eigenvalue weighted by molar-refractivity contribution is 7.10. The highest BCUT2D eigenvalue weighted by Gasteiger charge is 2.34. The van der Waals surface area contributed by atoms with Crippen LogP contribution in [0.25, 0.3) is 0 Å². The van der Waals surface area contributed by atoms with Crippen molar-refractivity contribution in [3.63, 3.8) is 0 Å². The number of amides is 2. The third-order valence-corrected chi connectivity index (χ3v) is 6.76. The van der Waals surface area contributed by atoms with Gasteiger partial charge in [-0.3, -0.25) is 9.59 Å². The van der Waals surface area contributed by atoms with Gasteiger partial charge in [0.15, 0.2) is 0 Å². The molecule has 0 N–H and O–H groups in total. The van der Waals surface area contributed by atoms with Gasteiger partial charge in [-0.15, -0.1) is 11.3 Å². The van der Waals surface area contributed by atoms with Crippen molar-refractivity contribution >= 4 is 23.2 Å². The van der Waals surface area contributed by atoms with Crippen molar-refractivity contribution in [1.82, 2.24) is 9.80 Å². The fourth-order valence-corrected chi connectivity index (χ4v) is 5.01. The van der Waals surface area contributed by atoms with Gasteiger partial charge in [-0.2, -0.15) is 0 Å². The Kier molecular flexibility index (Phi) is 6.37. The van der Waals surface area contributed by atoms with Gasteiger partial charge in [0, 0.05) is 17.5 Å². The Morgan fingerprint density at radius 1 is 1.09 bits per heavy atom. The fourth-order valence-electron chi connectivity index (χ4n) is 4.10. The maximum Gasteiger partial charge on any atom is 0.257 e. The first kappa shape index (κ1) is 22.1. The lowest BCUT2D eigenvalue weighted by Crippen LogP contribution is -2.48. The Morgan fingerprint density at radius 3 is 2.50 bits per heavy atom. The third kappa shape index (κ3) is 4.30. The summed E-state index contributed by atoms with van der Waals surface area (Å²) in [7, 11) is 0. The molecule has 32 heavy (non-hydrogen) atoms. The van der Waals surface area contributed by atoms with Gasteiger partial charge in [0.25, 0.3) is 5.91 Å². The zero-order valence-electron chi connectivity index (χ0n) is 17.9. The van der Waals surface area contributed by atoms with Crippen LogP contribution in [0.1, 0.15) is 46.3 Å². The van der Waals surface area contributed by atoms with Crippen molar-refractivity contribution in [2.45, 2.75) is 32.4 Å². The molecule has 2 heterocycles. The van der Waals surface area contributed by atoms with Gasteiger partial charge in [-0.1, -0.05) is 24.3 Å². The molecule has 166 valence electrons. The zero-order chi connectivity index (χ0) is 22.8. The van der Waals surface area contributed by atoms with Crippen LogP contribution < -0.4 is 0 Å². The van der Waals surface area contributed by atoms with Crippen LogP contribution in [0.5, 0.6) is 0 Å². The number of fused-ring (bicyclic) bond motifs is 1. The first-order chi connectivity index (χ1) is 15.4. The van der Waals surface area contributed by atoms with Crippen LogP contribution in [-0.4, -0.2) is 40.7 Å². The quantitative estimate of drug-likeness (QED) is 0.541. The molecule has 0 aliphatic carbocycles. The Hall–Kier alpha value is -3.06. The van der Waals surface area contributed by atoms with Crippen LogP contribution in [-0.2, 0) is 11.2 Å². The van der Waals surface area contributed by atoms with E-state index in [0.717, 1.165) is 17.5 Å². The summed E-state index contributed by atoms with van der Waals surface area (Å²) in [6.07, 6.45) is 0.722. The number of hydrogen-bond donors (Lipinski definition) is 0. The number of carbonyl (C=O) groups excluding carboxylic acids is 2. The molecule has 2 aromatic carbocycles. The Labute approximate surface area is 190 Å². The number of thiophene rings is 1. The van der Waals surface area contributed by atoms with E-state index in [-0.39, 0.29) is 35.9 Å². The van der Waals surface area contributed by atoms with Crippen molar-refractivity contribution in [1.29, 1.82) is 0 Å². The van der Waals surface area contributed by atoms with E-state index in [9.17, 15) is 18.4 Å². The minimum atomic E-state index is -0.610. The predicted octanol–water partition coefficient (Wildman–Crippen LogP) is 5.05. The van der Waals surface area contributed by atoms with Crippen LogP contribution in [0, 0.1) is 11.6 Å². The average molecular weight is 455 g/mol. The predicted molar refractivity (Wildman–Crippen MR) is 121 cm³/mol. The Bertz CT molecular complexity index is 1130. The molecule has 0 saturated heterocycles. The van der Waals surface area contributed by atoms with Crippen LogP contribution in [0.2, 0.25) is 0 Å². The highest BCUT2D eigenvalue weighted by Crippen LogP contribution is 2.38. The molecular formula is C25H24F2N2O2S. The average Bonchev–Trinajstić information content (AvgIpc) is 3.26. The first-order valence-electron chi connectivity index (χ1n) is 10.5. The SMILES string of the molecule is CC(C)N(CC(=O)N1CCc2sccc2C1c1ccc(F)cc1)C(=O)c1ccccc1F. The molecule has 0 fully saturated rings. The van der Waals surface area contributed by atoms with Gasteiger partial charge in [0.05, 0.1) is 11.6 Å². The smallest absolute Gasteiger partial charge is 0.257 e. The van der Waals surface area contributed by atoms with Crippen molar-refractivity contribution in [3.05, 3.63) is 93.2 Å². The normalized spacial score (nSPS) is 15.5. The van der Waals surface area contributed by atoms with Gasteiger partial charge in [-0.25, -0.2) is 8.78 Å². The van der Waals surface area contributed by atoms with E-state index in [1.54, 1.807) is 48.3 Å². The first-order valence-corrected chi connectivity index (χ1v) is 11.4. The minimum Gasteiger partial charge on any atom is -0.330 e. The monoisotopic (exact) mass is 454 g/mol. The van der Waals surface area contributed by atoms with E-state index >= 15 is 0 Å². The second-order valence-corrected chi connectivity index (χ2v) is 9.10. The molecule has 4 nitrogen and oxygen atoms in total. The molecule has 1 aliphatic rings. The molecule has 0 spiro atoms. The standard InChI is InChI=1S/C25H24F2N2O2S/c1-16(2)29(25(31)19-5-3-4-6-21(19)27)15-23(30)28-13-11-22-20(12-14-32-22)24(28)17-7-9-18(26)10-8-17/h3-10,12,14,16,24H,11,13,15H2,1-2H3. The Balaban J connectivity index is 1.63. The largest absolute Gasteiger partial charge is 0.330 e. The summed E-state index contributed by atoms with van der Waals surface area (Å²) in [5, 5.41) is 2.00. The van der Waals surface area contributed by atoms with Crippen molar-refractivity contribution in [2.24, 2.45) is 0 Å². The molecule has 1 atom stereocenters. The van der Waals surface area contributed by atoms with Gasteiger partial charge >= 0.3 is 0 Å². The van der Waals surface area contributed by atoms with Crippen molar-refractivity contribution in [3.8, 4) is 0 Å². The lowest BCUT2D eigenvalue weighted by Gasteiger charge is -2.38.